The second kappa shape index (κ2) is 5.34. The first-order chi connectivity index (χ1) is 7.08. The lowest BCUT2D eigenvalue weighted by molar-refractivity contribution is -0.210. The Balaban J connectivity index is 4.18. The van der Waals surface area contributed by atoms with E-state index in [-0.39, 0.29) is 13.5 Å². The molecule has 0 bridgehead atoms. The fourth-order valence-corrected chi connectivity index (χ4v) is 1.10. The largest absolute Gasteiger partial charge is 0.375 e. The van der Waals surface area contributed by atoms with Crippen LogP contribution in [-0.2, 0) is 4.74 Å². The van der Waals surface area contributed by atoms with Gasteiger partial charge in [-0.3, -0.25) is 0 Å². The summed E-state index contributed by atoms with van der Waals surface area (Å²) in [6, 6.07) is 0. The van der Waals surface area contributed by atoms with Crippen LogP contribution >= 0.6 is 0 Å². The Bertz CT molecular complexity index is 207. The smallest absolute Gasteiger partial charge is 0.312 e. The van der Waals surface area contributed by atoms with Crippen LogP contribution in [0.1, 0.15) is 47.0 Å². The van der Waals surface area contributed by atoms with E-state index in [0.29, 0.717) is 12.8 Å². The van der Waals surface area contributed by atoms with Crippen LogP contribution in [0.4, 0.5) is 17.6 Å². The van der Waals surface area contributed by atoms with Crippen molar-refractivity contribution in [3.05, 3.63) is 0 Å². The lowest BCUT2D eigenvalue weighted by atomic mass is 10.00. The van der Waals surface area contributed by atoms with E-state index in [1.54, 1.807) is 6.92 Å². The lowest BCUT2D eigenvalue weighted by Crippen LogP contribution is -2.39. The average molecular weight is 244 g/mol. The zero-order valence-electron chi connectivity index (χ0n) is 10.2. The van der Waals surface area contributed by atoms with Crippen LogP contribution in [0, 0.1) is 0 Å². The predicted molar refractivity (Wildman–Crippen MR) is 55.1 cm³/mol. The molecule has 0 unspecified atom stereocenters. The van der Waals surface area contributed by atoms with Gasteiger partial charge in [0.1, 0.15) is 0 Å². The SMILES string of the molecule is CCC(C)(CC)OCCC(F)(F)C(C)(F)F. The van der Waals surface area contributed by atoms with Gasteiger partial charge in [-0.05, 0) is 19.8 Å². The van der Waals surface area contributed by atoms with Gasteiger partial charge in [-0.15, -0.1) is 0 Å². The summed E-state index contributed by atoms with van der Waals surface area (Å²) in [6.07, 6.45) is 0.376. The minimum atomic E-state index is -4.00. The Morgan fingerprint density at radius 3 is 1.69 bits per heavy atom. The highest BCUT2D eigenvalue weighted by atomic mass is 19.3. The van der Waals surface area contributed by atoms with E-state index in [2.05, 4.69) is 0 Å². The minimum absolute atomic E-state index is 0.228. The molecule has 0 aromatic carbocycles. The predicted octanol–water partition coefficient (Wildman–Crippen LogP) is 4.26. The van der Waals surface area contributed by atoms with E-state index in [1.807, 2.05) is 13.8 Å². The molecule has 1 nitrogen and oxygen atoms in total. The highest BCUT2D eigenvalue weighted by Gasteiger charge is 2.51. The van der Waals surface area contributed by atoms with Crippen LogP contribution in [-0.4, -0.2) is 24.1 Å². The van der Waals surface area contributed by atoms with Crippen molar-refractivity contribution in [2.45, 2.75) is 64.4 Å². The number of halogens is 4. The Kier molecular flexibility index (Phi) is 5.23. The molecule has 0 saturated heterocycles. The Hall–Kier alpha value is -0.320. The number of rotatable bonds is 7. The van der Waals surface area contributed by atoms with Crippen molar-refractivity contribution >= 4 is 0 Å². The molecule has 0 aliphatic carbocycles. The minimum Gasteiger partial charge on any atom is -0.375 e. The molecule has 0 atom stereocenters. The van der Waals surface area contributed by atoms with Gasteiger partial charge in [0.05, 0.1) is 12.2 Å². The van der Waals surface area contributed by atoms with Gasteiger partial charge in [-0.1, -0.05) is 13.8 Å². The molecule has 0 aromatic rings. The van der Waals surface area contributed by atoms with E-state index in [9.17, 15) is 17.6 Å². The first kappa shape index (κ1) is 15.7. The molecule has 0 heterocycles. The van der Waals surface area contributed by atoms with Gasteiger partial charge in [-0.2, -0.15) is 8.78 Å². The molecular formula is C11H20F4O. The van der Waals surface area contributed by atoms with Gasteiger partial charge in [0.2, 0.25) is 0 Å². The highest BCUT2D eigenvalue weighted by molar-refractivity contribution is 4.81. The second-order valence-electron chi connectivity index (χ2n) is 4.35. The number of alkyl halides is 4. The summed E-state index contributed by atoms with van der Waals surface area (Å²) in [5.74, 6) is -8.00. The van der Waals surface area contributed by atoms with E-state index < -0.39 is 23.9 Å². The van der Waals surface area contributed by atoms with Gasteiger partial charge < -0.3 is 4.74 Å². The van der Waals surface area contributed by atoms with E-state index in [1.165, 1.54) is 0 Å². The van der Waals surface area contributed by atoms with Crippen molar-refractivity contribution in [1.82, 2.24) is 0 Å². The molecule has 0 amide bonds. The fraction of sp³-hybridized carbons (Fsp3) is 1.00. The molecule has 0 aliphatic heterocycles. The van der Waals surface area contributed by atoms with Crippen molar-refractivity contribution in [3.63, 3.8) is 0 Å². The monoisotopic (exact) mass is 244 g/mol. The number of hydrogen-bond donors (Lipinski definition) is 0. The highest BCUT2D eigenvalue weighted by Crippen LogP contribution is 2.36. The van der Waals surface area contributed by atoms with Gasteiger partial charge in [0.15, 0.2) is 0 Å². The van der Waals surface area contributed by atoms with Crippen molar-refractivity contribution in [1.29, 1.82) is 0 Å². The number of ether oxygens (including phenoxy) is 1. The summed E-state index contributed by atoms with van der Waals surface area (Å²) in [5.41, 5.74) is -0.501. The molecule has 0 spiro atoms. The Labute approximate surface area is 94.2 Å². The van der Waals surface area contributed by atoms with Gasteiger partial charge in [0.25, 0.3) is 0 Å². The van der Waals surface area contributed by atoms with Gasteiger partial charge in [-0.25, -0.2) is 8.78 Å². The molecule has 0 fully saturated rings. The molecule has 0 radical (unpaired) electrons. The molecule has 0 aliphatic rings. The zero-order valence-corrected chi connectivity index (χ0v) is 10.2. The maximum Gasteiger partial charge on any atom is 0.312 e. The topological polar surface area (TPSA) is 9.23 Å². The van der Waals surface area contributed by atoms with Crippen LogP contribution in [0.25, 0.3) is 0 Å². The van der Waals surface area contributed by atoms with Crippen LogP contribution < -0.4 is 0 Å². The maximum absolute atomic E-state index is 12.9. The van der Waals surface area contributed by atoms with Crippen molar-refractivity contribution in [2.24, 2.45) is 0 Å². The van der Waals surface area contributed by atoms with Crippen molar-refractivity contribution in [2.75, 3.05) is 6.61 Å². The summed E-state index contributed by atoms with van der Waals surface area (Å²) < 4.78 is 56.0. The standard InChI is InChI=1S/C11H20F4O/c1-5-9(3,6-2)16-8-7-11(14,15)10(4,12)13/h5-8H2,1-4H3. The number of hydrogen-bond acceptors (Lipinski definition) is 1. The first-order valence-electron chi connectivity index (χ1n) is 5.47. The van der Waals surface area contributed by atoms with Crippen LogP contribution in [0.15, 0.2) is 0 Å². The summed E-state index contributed by atoms with van der Waals surface area (Å²) in [5, 5.41) is 0. The van der Waals surface area contributed by atoms with Gasteiger partial charge >= 0.3 is 11.8 Å². The third-order valence-corrected chi connectivity index (χ3v) is 3.00. The molecule has 5 heteroatoms. The van der Waals surface area contributed by atoms with Crippen LogP contribution in [0.2, 0.25) is 0 Å². The second-order valence-corrected chi connectivity index (χ2v) is 4.35. The molecule has 0 saturated carbocycles. The molecular weight excluding hydrogens is 224 g/mol. The normalized spacial score (nSPS) is 14.2. The first-order valence-corrected chi connectivity index (χ1v) is 5.47. The zero-order chi connectivity index (χ0) is 13.0. The molecule has 98 valence electrons. The van der Waals surface area contributed by atoms with Gasteiger partial charge in [0, 0.05) is 13.3 Å². The molecule has 16 heavy (non-hydrogen) atoms. The fourth-order valence-electron chi connectivity index (χ4n) is 1.10. The van der Waals surface area contributed by atoms with E-state index in [0.717, 1.165) is 0 Å². The van der Waals surface area contributed by atoms with E-state index in [4.69, 9.17) is 4.74 Å². The van der Waals surface area contributed by atoms with Crippen molar-refractivity contribution in [3.8, 4) is 0 Å². The average Bonchev–Trinajstić information content (AvgIpc) is 2.15. The molecule has 0 aromatic heterocycles. The van der Waals surface area contributed by atoms with Crippen molar-refractivity contribution < 1.29 is 22.3 Å². The Morgan fingerprint density at radius 1 is 0.938 bits per heavy atom. The Morgan fingerprint density at radius 2 is 1.38 bits per heavy atom. The summed E-state index contributed by atoms with van der Waals surface area (Å²) >= 11 is 0. The lowest BCUT2D eigenvalue weighted by Gasteiger charge is -2.29. The third kappa shape index (κ3) is 4.28. The van der Waals surface area contributed by atoms with Crippen LogP contribution in [0.3, 0.4) is 0 Å². The quantitative estimate of drug-likeness (QED) is 0.608. The maximum atomic E-state index is 12.9. The molecule has 0 N–H and O–H groups in total. The third-order valence-electron chi connectivity index (χ3n) is 3.00. The summed E-state index contributed by atoms with van der Waals surface area (Å²) in [6.45, 7) is 5.40. The summed E-state index contributed by atoms with van der Waals surface area (Å²) in [4.78, 5) is 0. The summed E-state index contributed by atoms with van der Waals surface area (Å²) in [7, 11) is 0. The van der Waals surface area contributed by atoms with E-state index >= 15 is 0 Å². The van der Waals surface area contributed by atoms with Crippen LogP contribution in [0.5, 0.6) is 0 Å². The molecule has 0 rings (SSSR count).